The first-order valence-corrected chi connectivity index (χ1v) is 30.0. The van der Waals surface area contributed by atoms with E-state index in [0.29, 0.717) is 0 Å². The molecule has 86 heavy (non-hydrogen) atoms. The summed E-state index contributed by atoms with van der Waals surface area (Å²) in [4.78, 5) is 2.42. The second kappa shape index (κ2) is 19.1. The Kier molecular flexibility index (Phi) is 11.1. The van der Waals surface area contributed by atoms with Crippen molar-refractivity contribution in [3.05, 3.63) is 343 Å². The van der Waals surface area contributed by atoms with Crippen LogP contribution < -0.4 is 4.90 Å². The van der Waals surface area contributed by atoms with E-state index in [4.69, 9.17) is 0 Å². The van der Waals surface area contributed by atoms with Crippen LogP contribution in [-0.4, -0.2) is 4.57 Å². The molecular formula is C84H58N2. The summed E-state index contributed by atoms with van der Waals surface area (Å²) in [6.07, 6.45) is 1.98. The van der Waals surface area contributed by atoms with Crippen molar-refractivity contribution in [2.24, 2.45) is 0 Å². The third-order valence-corrected chi connectivity index (χ3v) is 19.2. The Hall–Kier alpha value is -10.8. The normalized spacial score (nSPS) is 14.6. The number of nitrogens with zero attached hydrogens (tertiary/aromatic N) is 2. The Balaban J connectivity index is 0.803. The predicted octanol–water partition coefficient (Wildman–Crippen LogP) is 22.2. The summed E-state index contributed by atoms with van der Waals surface area (Å²) in [5.74, 6) is 0. The molecule has 0 amide bonds. The number of fused-ring (bicyclic) bond motifs is 16. The molecule has 0 saturated heterocycles. The van der Waals surface area contributed by atoms with Crippen molar-refractivity contribution in [3.8, 4) is 83.6 Å². The third-order valence-electron chi connectivity index (χ3n) is 19.2. The van der Waals surface area contributed by atoms with E-state index in [-0.39, 0.29) is 5.41 Å². The van der Waals surface area contributed by atoms with Crippen molar-refractivity contribution < 1.29 is 0 Å². The summed E-state index contributed by atoms with van der Waals surface area (Å²) in [6.45, 7) is 8.94. The van der Waals surface area contributed by atoms with Crippen LogP contribution >= 0.6 is 0 Å². The molecule has 0 N–H and O–H groups in total. The van der Waals surface area contributed by atoms with Crippen LogP contribution in [0.5, 0.6) is 0 Å². The zero-order valence-electron chi connectivity index (χ0n) is 48.0. The Morgan fingerprint density at radius 3 is 1.41 bits per heavy atom. The van der Waals surface area contributed by atoms with Gasteiger partial charge < -0.3 is 9.47 Å². The number of aromatic nitrogens is 1. The van der Waals surface area contributed by atoms with Gasteiger partial charge in [0.25, 0.3) is 0 Å². The van der Waals surface area contributed by atoms with Gasteiger partial charge in [0, 0.05) is 44.5 Å². The molecule has 3 aliphatic rings. The molecule has 17 rings (SSSR count). The molecule has 0 radical (unpaired) electrons. The number of hydrogen-bond donors (Lipinski definition) is 0. The van der Waals surface area contributed by atoms with Gasteiger partial charge in [-0.25, -0.2) is 0 Å². The lowest BCUT2D eigenvalue weighted by Gasteiger charge is -2.31. The van der Waals surface area contributed by atoms with E-state index in [0.717, 1.165) is 33.9 Å². The monoisotopic (exact) mass is 1090 g/mol. The molecule has 2 nitrogen and oxygen atoms in total. The molecule has 1 aromatic heterocycles. The Bertz CT molecular complexity index is 5070. The van der Waals surface area contributed by atoms with E-state index in [2.05, 4.69) is 327 Å². The van der Waals surface area contributed by atoms with E-state index < -0.39 is 5.41 Å². The molecule has 1 spiro atoms. The second-order valence-electron chi connectivity index (χ2n) is 24.0. The average molecular weight is 1100 g/mol. The van der Waals surface area contributed by atoms with E-state index in [9.17, 15) is 0 Å². The Morgan fingerprint density at radius 1 is 0.314 bits per heavy atom. The van der Waals surface area contributed by atoms with Crippen molar-refractivity contribution in [1.82, 2.24) is 4.57 Å². The average Bonchev–Trinajstić information content (AvgIpc) is 1.55. The van der Waals surface area contributed by atoms with E-state index >= 15 is 0 Å². The van der Waals surface area contributed by atoms with Gasteiger partial charge in [0.15, 0.2) is 0 Å². The predicted molar refractivity (Wildman–Crippen MR) is 361 cm³/mol. The number of anilines is 3. The maximum absolute atomic E-state index is 4.22. The van der Waals surface area contributed by atoms with Crippen LogP contribution in [0.25, 0.3) is 111 Å². The van der Waals surface area contributed by atoms with Crippen LogP contribution in [0.4, 0.5) is 17.1 Å². The largest absolute Gasteiger partial charge is 0.310 e. The Labute approximate surface area is 502 Å². The summed E-state index contributed by atoms with van der Waals surface area (Å²) in [5, 5.41) is 2.43. The smallest absolute Gasteiger partial charge is 0.0725 e. The van der Waals surface area contributed by atoms with Crippen LogP contribution in [0, 0.1) is 0 Å². The molecule has 404 valence electrons. The van der Waals surface area contributed by atoms with Gasteiger partial charge in [0.05, 0.1) is 16.4 Å². The molecule has 0 bridgehead atoms. The molecule has 14 aromatic rings. The molecule has 1 atom stereocenters. The van der Waals surface area contributed by atoms with E-state index in [1.807, 2.05) is 6.08 Å². The number of para-hydroxylation sites is 2. The minimum atomic E-state index is -0.536. The highest BCUT2D eigenvalue weighted by molar-refractivity contribution is 6.15. The third kappa shape index (κ3) is 7.26. The van der Waals surface area contributed by atoms with Gasteiger partial charge >= 0.3 is 0 Å². The van der Waals surface area contributed by atoms with Gasteiger partial charge in [-0.1, -0.05) is 251 Å². The van der Waals surface area contributed by atoms with Crippen LogP contribution in [0.3, 0.4) is 0 Å². The van der Waals surface area contributed by atoms with Gasteiger partial charge in [0.1, 0.15) is 0 Å². The number of hydrogen-bond acceptors (Lipinski definition) is 1. The fourth-order valence-corrected chi connectivity index (χ4v) is 15.3. The molecule has 13 aromatic carbocycles. The second-order valence-corrected chi connectivity index (χ2v) is 24.0. The first kappa shape index (κ1) is 49.8. The maximum Gasteiger partial charge on any atom is 0.0725 e. The van der Waals surface area contributed by atoms with Gasteiger partial charge in [0.2, 0.25) is 0 Å². The summed E-state index contributed by atoms with van der Waals surface area (Å²) < 4.78 is 2.49. The van der Waals surface area contributed by atoms with Crippen LogP contribution in [0.1, 0.15) is 52.8 Å². The summed E-state index contributed by atoms with van der Waals surface area (Å²) in [5.41, 5.74) is 32.6. The molecule has 0 fully saturated rings. The van der Waals surface area contributed by atoms with Crippen molar-refractivity contribution in [1.29, 1.82) is 0 Å². The van der Waals surface area contributed by atoms with Crippen LogP contribution in [-0.2, 0) is 10.8 Å². The van der Waals surface area contributed by atoms with Gasteiger partial charge in [-0.3, -0.25) is 0 Å². The molecular weight excluding hydrogens is 1040 g/mol. The number of rotatable bonds is 9. The van der Waals surface area contributed by atoms with Crippen molar-refractivity contribution in [2.75, 3.05) is 4.90 Å². The van der Waals surface area contributed by atoms with Crippen LogP contribution in [0.15, 0.2) is 304 Å². The highest BCUT2D eigenvalue weighted by atomic mass is 15.1. The molecule has 0 saturated carbocycles. The van der Waals surface area contributed by atoms with Crippen molar-refractivity contribution in [2.45, 2.75) is 24.7 Å². The minimum absolute atomic E-state index is 0.131. The van der Waals surface area contributed by atoms with Gasteiger partial charge in [-0.2, -0.15) is 0 Å². The number of benzene rings is 13. The molecule has 2 heteroatoms. The fraction of sp³-hybridized carbons (Fsp3) is 0.0476. The highest BCUT2D eigenvalue weighted by Gasteiger charge is 2.52. The Morgan fingerprint density at radius 2 is 0.767 bits per heavy atom. The highest BCUT2D eigenvalue weighted by Crippen LogP contribution is 2.64. The first-order chi connectivity index (χ1) is 42.4. The molecule has 1 heterocycles. The van der Waals surface area contributed by atoms with E-state index in [1.54, 1.807) is 0 Å². The zero-order valence-corrected chi connectivity index (χ0v) is 48.0. The summed E-state index contributed by atoms with van der Waals surface area (Å²) in [6, 6.07) is 111. The first-order valence-electron chi connectivity index (χ1n) is 30.0. The molecule has 3 aliphatic carbocycles. The summed E-state index contributed by atoms with van der Waals surface area (Å²) >= 11 is 0. The maximum atomic E-state index is 4.22. The van der Waals surface area contributed by atoms with Crippen LogP contribution in [0.2, 0.25) is 0 Å². The summed E-state index contributed by atoms with van der Waals surface area (Å²) in [7, 11) is 0. The lowest BCUT2D eigenvalue weighted by atomic mass is 9.70. The fourth-order valence-electron chi connectivity index (χ4n) is 15.3. The SMILES string of the molecule is C=Cc1ccccc1-c1ccc2c(c1)C1(c3ccccc3-2)c2ccccc2-c2ccc(-c3cccc4c5cc(-c6ccc(N(c7ccc(-c8ccccc8)cc7)c7ccc8c(c7)C(C)(C)c7ccccc7-8)cc6)ccc5n(-c5ccccc5)c34)cc21. The van der Waals surface area contributed by atoms with E-state index in [1.165, 1.54) is 128 Å². The quantitative estimate of drug-likeness (QED) is 0.140. The lowest BCUT2D eigenvalue weighted by Crippen LogP contribution is -2.26. The molecule has 1 unspecified atom stereocenters. The zero-order chi connectivity index (χ0) is 57.3. The van der Waals surface area contributed by atoms with Gasteiger partial charge in [-0.05, 0) is 184 Å². The van der Waals surface area contributed by atoms with Crippen molar-refractivity contribution >= 4 is 44.9 Å². The topological polar surface area (TPSA) is 8.17 Å². The minimum Gasteiger partial charge on any atom is -0.310 e. The lowest BCUT2D eigenvalue weighted by molar-refractivity contribution is 0.660. The molecule has 0 aliphatic heterocycles. The van der Waals surface area contributed by atoms with Crippen molar-refractivity contribution in [3.63, 3.8) is 0 Å². The standard InChI is InChI=1S/C84H58N2/c1-4-54-20-11-12-25-65(54)59-38-46-71-68-27-14-17-32-76(68)84(79(71)51-59)77-33-18-15-28-69(77)72-47-39-60(52-80(72)84)66-29-19-30-73-74-50-58(40-49-81(74)86(82(66)73)61-23-9-6-10-24-61)57-36-43-63(44-37-57)85(62-41-34-56(35-42-62)55-21-7-5-8-22-55)64-45-48-70-67-26-13-16-31-75(67)83(2,3)78(70)53-64/h4-53H,1H2,2-3H3. The van der Waals surface area contributed by atoms with Gasteiger partial charge in [-0.15, -0.1) is 0 Å².